The minimum absolute atomic E-state index is 0.247. The number of aliphatic imine (C=N–C) groups is 2. The lowest BCUT2D eigenvalue weighted by molar-refractivity contribution is 0.110. The largest absolute Gasteiger partial charge is 0.346 e. The fourth-order valence-corrected chi connectivity index (χ4v) is 3.90. The Balaban J connectivity index is 1.66. The number of hydrogen-bond acceptors (Lipinski definition) is 5. The molecule has 0 saturated heterocycles. The third-order valence-corrected chi connectivity index (χ3v) is 5.23. The average molecular weight is 429 g/mol. The average Bonchev–Trinajstić information content (AvgIpc) is 3.06. The number of hydrazine groups is 1. The lowest BCUT2D eigenvalue weighted by atomic mass is 9.79. The van der Waals surface area contributed by atoms with E-state index in [1.54, 1.807) is 6.34 Å². The zero-order valence-corrected chi connectivity index (χ0v) is 16.0. The van der Waals surface area contributed by atoms with Crippen LogP contribution < -0.4 is 11.2 Å². The number of nitrogens with one attached hydrogen (secondary N) is 2. The molecule has 4 N–H and O–H groups in total. The first-order valence-electron chi connectivity index (χ1n) is 8.63. The molecule has 0 aromatic carbocycles. The van der Waals surface area contributed by atoms with Gasteiger partial charge in [-0.1, -0.05) is 0 Å². The molecule has 0 spiro atoms. The quantitative estimate of drug-likeness (QED) is 0.367. The van der Waals surface area contributed by atoms with Crippen molar-refractivity contribution in [2.75, 3.05) is 13.1 Å². The predicted octanol–water partition coefficient (Wildman–Crippen LogP) is 3.62. The van der Waals surface area contributed by atoms with Crippen molar-refractivity contribution in [2.45, 2.75) is 30.5 Å². The molecule has 0 unspecified atom stereocenters. The van der Waals surface area contributed by atoms with E-state index in [1.807, 2.05) is 12.3 Å². The summed E-state index contributed by atoms with van der Waals surface area (Å²) in [6.45, 7) is 4.00. The van der Waals surface area contributed by atoms with Gasteiger partial charge in [-0.15, -0.1) is 0 Å². The number of rotatable bonds is 6. The van der Waals surface area contributed by atoms with E-state index in [-0.39, 0.29) is 12.5 Å². The molecule has 9 heteroatoms. The molecule has 1 saturated carbocycles. The Labute approximate surface area is 159 Å². The van der Waals surface area contributed by atoms with Crippen LogP contribution in [0, 0.1) is 11.8 Å². The SMILES string of the molecule is C=N/C(=C1/c2cc[nH]c2N=CN1N)C1CCC(CNCC(F)(F)Br)CC1. The van der Waals surface area contributed by atoms with E-state index < -0.39 is 4.83 Å². The molecule has 1 fully saturated rings. The molecular formula is C17H23BrF2N6. The summed E-state index contributed by atoms with van der Waals surface area (Å²) in [4.78, 5) is 8.79. The molecule has 2 heterocycles. The maximum Gasteiger partial charge on any atom is 0.313 e. The third-order valence-electron chi connectivity index (χ3n) is 4.95. The van der Waals surface area contributed by atoms with Crippen LogP contribution in [0.15, 0.2) is 27.9 Å². The fourth-order valence-electron chi connectivity index (χ4n) is 3.70. The van der Waals surface area contributed by atoms with E-state index in [4.69, 9.17) is 5.84 Å². The zero-order chi connectivity index (χ0) is 18.7. The fraction of sp³-hybridized carbons (Fsp3) is 0.529. The molecule has 1 aliphatic heterocycles. The van der Waals surface area contributed by atoms with Crippen LogP contribution in [-0.2, 0) is 0 Å². The highest BCUT2D eigenvalue weighted by atomic mass is 79.9. The second-order valence-corrected chi connectivity index (χ2v) is 7.91. The molecule has 26 heavy (non-hydrogen) atoms. The smallest absolute Gasteiger partial charge is 0.313 e. The van der Waals surface area contributed by atoms with Gasteiger partial charge in [0.05, 0.1) is 17.9 Å². The first-order valence-corrected chi connectivity index (χ1v) is 9.42. The maximum atomic E-state index is 12.8. The van der Waals surface area contributed by atoms with Crippen LogP contribution in [-0.4, -0.2) is 41.0 Å². The highest BCUT2D eigenvalue weighted by Crippen LogP contribution is 2.40. The standard InChI is InChI=1S/C17H23BrF2N6/c1-22-14(15-13-6-7-24-16(13)25-10-26(15)21)12-4-2-11(3-5-12)8-23-9-17(18,19)20/h6-7,10-12,23-24H,1-5,8-9,21H2/b15-14-. The number of allylic oxidation sites excluding steroid dienone is 1. The van der Waals surface area contributed by atoms with Crippen molar-refractivity contribution in [3.8, 4) is 0 Å². The minimum Gasteiger partial charge on any atom is -0.346 e. The van der Waals surface area contributed by atoms with Crippen molar-refractivity contribution >= 4 is 40.5 Å². The lowest BCUT2D eigenvalue weighted by Gasteiger charge is -2.32. The van der Waals surface area contributed by atoms with E-state index >= 15 is 0 Å². The highest BCUT2D eigenvalue weighted by Gasteiger charge is 2.30. The van der Waals surface area contributed by atoms with Gasteiger partial charge in [0.1, 0.15) is 12.2 Å². The van der Waals surface area contributed by atoms with Gasteiger partial charge >= 0.3 is 4.83 Å². The molecular weight excluding hydrogens is 406 g/mol. The Hall–Kier alpha value is -1.58. The Morgan fingerprint density at radius 2 is 2.19 bits per heavy atom. The number of H-pyrrole nitrogens is 1. The summed E-state index contributed by atoms with van der Waals surface area (Å²) >= 11 is 2.35. The van der Waals surface area contributed by atoms with Gasteiger partial charge in [-0.25, -0.2) is 10.8 Å². The van der Waals surface area contributed by atoms with Crippen LogP contribution in [0.4, 0.5) is 14.6 Å². The van der Waals surface area contributed by atoms with Crippen LogP contribution in [0.5, 0.6) is 0 Å². The van der Waals surface area contributed by atoms with Gasteiger partial charge in [0.15, 0.2) is 0 Å². The van der Waals surface area contributed by atoms with Gasteiger partial charge in [0, 0.05) is 17.7 Å². The summed E-state index contributed by atoms with van der Waals surface area (Å²) < 4.78 is 25.7. The van der Waals surface area contributed by atoms with E-state index in [2.05, 4.69) is 42.9 Å². The second-order valence-electron chi connectivity index (χ2n) is 6.75. The van der Waals surface area contributed by atoms with Crippen LogP contribution in [0.2, 0.25) is 0 Å². The second kappa shape index (κ2) is 7.98. The van der Waals surface area contributed by atoms with Crippen molar-refractivity contribution in [3.05, 3.63) is 23.5 Å². The van der Waals surface area contributed by atoms with Gasteiger partial charge in [0.25, 0.3) is 0 Å². The monoisotopic (exact) mass is 428 g/mol. The van der Waals surface area contributed by atoms with E-state index in [9.17, 15) is 8.78 Å². The van der Waals surface area contributed by atoms with Crippen LogP contribution in [0.1, 0.15) is 31.2 Å². The van der Waals surface area contributed by atoms with Crippen LogP contribution >= 0.6 is 15.9 Å². The molecule has 2 aliphatic rings. The van der Waals surface area contributed by atoms with Gasteiger partial charge in [-0.3, -0.25) is 10.0 Å². The van der Waals surface area contributed by atoms with Crippen molar-refractivity contribution < 1.29 is 8.78 Å². The van der Waals surface area contributed by atoms with E-state index in [1.165, 1.54) is 5.01 Å². The number of alkyl halides is 3. The van der Waals surface area contributed by atoms with Crippen molar-refractivity contribution in [1.82, 2.24) is 15.3 Å². The first-order chi connectivity index (χ1) is 12.4. The lowest BCUT2D eigenvalue weighted by Crippen LogP contribution is -2.34. The predicted molar refractivity (Wildman–Crippen MR) is 104 cm³/mol. The normalized spacial score (nSPS) is 25.2. The number of hydrogen-bond donors (Lipinski definition) is 3. The van der Waals surface area contributed by atoms with Crippen LogP contribution in [0.3, 0.4) is 0 Å². The summed E-state index contributed by atoms with van der Waals surface area (Å²) in [5.74, 6) is 7.51. The van der Waals surface area contributed by atoms with Gasteiger partial charge < -0.3 is 10.3 Å². The maximum absolute atomic E-state index is 12.8. The number of nitrogens with zero attached hydrogens (tertiary/aromatic N) is 3. The van der Waals surface area contributed by atoms with Gasteiger partial charge in [-0.05, 0) is 66.9 Å². The highest BCUT2D eigenvalue weighted by molar-refractivity contribution is 9.10. The topological polar surface area (TPSA) is 81.8 Å². The Bertz CT molecular complexity index is 700. The molecule has 1 aromatic heterocycles. The number of nitrogens with two attached hydrogens (primary N) is 1. The summed E-state index contributed by atoms with van der Waals surface area (Å²) in [7, 11) is 0. The van der Waals surface area contributed by atoms with Gasteiger partial charge in [-0.2, -0.15) is 8.78 Å². The molecule has 142 valence electrons. The number of fused-ring (bicyclic) bond motifs is 1. The third kappa shape index (κ3) is 4.39. The number of aromatic nitrogens is 1. The van der Waals surface area contributed by atoms with Crippen molar-refractivity contribution in [2.24, 2.45) is 27.7 Å². The molecule has 0 radical (unpaired) electrons. The molecule has 0 bridgehead atoms. The molecule has 0 amide bonds. The summed E-state index contributed by atoms with van der Waals surface area (Å²) in [5, 5.41) is 4.33. The van der Waals surface area contributed by atoms with Crippen LogP contribution in [0.25, 0.3) is 5.70 Å². The molecule has 3 rings (SSSR count). The van der Waals surface area contributed by atoms with Crippen molar-refractivity contribution in [3.63, 3.8) is 0 Å². The molecule has 1 aliphatic carbocycles. The minimum atomic E-state index is -2.85. The van der Waals surface area contributed by atoms with Gasteiger partial charge in [0.2, 0.25) is 0 Å². The molecule has 1 aromatic rings. The summed E-state index contributed by atoms with van der Waals surface area (Å²) in [5.41, 5.74) is 2.62. The summed E-state index contributed by atoms with van der Waals surface area (Å²) in [6, 6.07) is 1.93. The summed E-state index contributed by atoms with van der Waals surface area (Å²) in [6.07, 6.45) is 7.16. The number of aromatic amines is 1. The van der Waals surface area contributed by atoms with E-state index in [0.717, 1.165) is 48.5 Å². The number of halogens is 3. The zero-order valence-electron chi connectivity index (χ0n) is 14.4. The van der Waals surface area contributed by atoms with E-state index in [0.29, 0.717) is 12.5 Å². The Morgan fingerprint density at radius 3 is 2.85 bits per heavy atom. The Kier molecular flexibility index (Phi) is 5.89. The molecule has 6 nitrogen and oxygen atoms in total. The Morgan fingerprint density at radius 1 is 1.46 bits per heavy atom. The first kappa shape index (κ1) is 19.2. The van der Waals surface area contributed by atoms with Crippen molar-refractivity contribution in [1.29, 1.82) is 0 Å². The molecule has 0 atom stereocenters.